The third-order valence-corrected chi connectivity index (χ3v) is 5.57. The van der Waals surface area contributed by atoms with Gasteiger partial charge >= 0.3 is 5.97 Å². The van der Waals surface area contributed by atoms with E-state index in [0.717, 1.165) is 11.1 Å². The number of pyridine rings is 1. The maximum Gasteiger partial charge on any atom is 0.335 e. The Morgan fingerprint density at radius 2 is 1.80 bits per heavy atom. The first-order valence-corrected chi connectivity index (χ1v) is 10.7. The zero-order valence-electron chi connectivity index (χ0n) is 18.3. The van der Waals surface area contributed by atoms with Crippen LogP contribution in [0, 0.1) is 5.82 Å². The summed E-state index contributed by atoms with van der Waals surface area (Å²) < 4.78 is 20.8. The molecule has 0 unspecified atom stereocenters. The number of amides is 1. The largest absolute Gasteiger partial charge is 0.478 e. The van der Waals surface area contributed by atoms with Gasteiger partial charge in [-0.15, -0.1) is 0 Å². The molecule has 0 aliphatic carbocycles. The number of oxazole rings is 1. The summed E-state index contributed by atoms with van der Waals surface area (Å²) >= 11 is 0. The summed E-state index contributed by atoms with van der Waals surface area (Å²) in [6.07, 6.45) is 4.62. The van der Waals surface area contributed by atoms with Crippen molar-refractivity contribution in [2.45, 2.75) is 13.1 Å². The molecule has 9 heteroatoms. The Balaban J connectivity index is 1.28. The van der Waals surface area contributed by atoms with Crippen LogP contribution in [0.1, 0.15) is 16.1 Å². The minimum Gasteiger partial charge on any atom is -0.478 e. The van der Waals surface area contributed by atoms with Crippen molar-refractivity contribution in [1.29, 1.82) is 0 Å². The van der Waals surface area contributed by atoms with Gasteiger partial charge in [0.2, 0.25) is 11.8 Å². The lowest BCUT2D eigenvalue weighted by Crippen LogP contribution is -2.27. The summed E-state index contributed by atoms with van der Waals surface area (Å²) in [5.74, 6) is -1.27. The van der Waals surface area contributed by atoms with Gasteiger partial charge in [-0.05, 0) is 48.0 Å². The topological polar surface area (TPSA) is 110 Å². The van der Waals surface area contributed by atoms with Crippen molar-refractivity contribution < 1.29 is 23.5 Å². The van der Waals surface area contributed by atoms with E-state index < -0.39 is 5.97 Å². The van der Waals surface area contributed by atoms with Gasteiger partial charge < -0.3 is 19.4 Å². The normalized spacial score (nSPS) is 11.0. The van der Waals surface area contributed by atoms with E-state index in [1.54, 1.807) is 41.1 Å². The molecular weight excluding hydrogens is 451 g/mol. The van der Waals surface area contributed by atoms with Gasteiger partial charge in [0.25, 0.3) is 0 Å². The average Bonchev–Trinajstić information content (AvgIpc) is 3.51. The maximum atomic E-state index is 13.7. The number of carbonyl (C=O) groups excluding carboxylic acids is 1. The number of carboxylic acid groups (broad SMARTS) is 1. The molecule has 2 N–H and O–H groups in total. The molecule has 174 valence electrons. The quantitative estimate of drug-likeness (QED) is 0.362. The van der Waals surface area contributed by atoms with Crippen molar-refractivity contribution in [3.63, 3.8) is 0 Å². The zero-order valence-corrected chi connectivity index (χ0v) is 18.3. The highest BCUT2D eigenvalue weighted by Crippen LogP contribution is 2.28. The fourth-order valence-corrected chi connectivity index (χ4v) is 3.83. The third kappa shape index (κ3) is 4.65. The summed E-state index contributed by atoms with van der Waals surface area (Å²) in [6.45, 7) is 0.208. The van der Waals surface area contributed by atoms with Crippen molar-refractivity contribution in [2.75, 3.05) is 0 Å². The van der Waals surface area contributed by atoms with E-state index in [4.69, 9.17) is 9.52 Å². The minimum atomic E-state index is -0.978. The van der Waals surface area contributed by atoms with E-state index in [0.29, 0.717) is 28.2 Å². The SMILES string of the molecule is O=C(Cn1c(-c2ncco2)cc2cc(F)ccc21)NCc1ccc(-c2ccc(C(=O)O)cc2)cn1. The molecule has 0 aliphatic heterocycles. The smallest absolute Gasteiger partial charge is 0.335 e. The van der Waals surface area contributed by atoms with E-state index >= 15 is 0 Å². The van der Waals surface area contributed by atoms with E-state index in [9.17, 15) is 14.0 Å². The van der Waals surface area contributed by atoms with Gasteiger partial charge in [-0.1, -0.05) is 18.2 Å². The monoisotopic (exact) mass is 470 g/mol. The van der Waals surface area contributed by atoms with Gasteiger partial charge in [-0.3, -0.25) is 9.78 Å². The van der Waals surface area contributed by atoms with Crippen molar-refractivity contribution in [2.24, 2.45) is 0 Å². The van der Waals surface area contributed by atoms with Crippen LogP contribution in [-0.2, 0) is 17.9 Å². The molecule has 0 aliphatic rings. The highest BCUT2D eigenvalue weighted by atomic mass is 19.1. The van der Waals surface area contributed by atoms with Gasteiger partial charge in [0.15, 0.2) is 0 Å². The highest BCUT2D eigenvalue weighted by Gasteiger charge is 2.17. The van der Waals surface area contributed by atoms with Crippen molar-refractivity contribution in [3.8, 4) is 22.7 Å². The number of carbonyl (C=O) groups is 2. The van der Waals surface area contributed by atoms with Crippen LogP contribution in [0.5, 0.6) is 0 Å². The van der Waals surface area contributed by atoms with Crippen LogP contribution in [-0.4, -0.2) is 31.5 Å². The highest BCUT2D eigenvalue weighted by molar-refractivity contribution is 5.89. The van der Waals surface area contributed by atoms with Crippen LogP contribution in [0.4, 0.5) is 4.39 Å². The van der Waals surface area contributed by atoms with Crippen LogP contribution in [0.15, 0.2) is 83.7 Å². The van der Waals surface area contributed by atoms with Crippen LogP contribution >= 0.6 is 0 Å². The molecule has 0 saturated heterocycles. The standard InChI is InChI=1S/C26H19FN4O4/c27-20-6-8-22-19(11-20)12-23(25-28-9-10-35-25)31(22)15-24(32)30-14-21-7-5-18(13-29-21)16-1-3-17(4-2-16)26(33)34/h1-13H,14-15H2,(H,30,32)(H,33,34). The molecule has 0 radical (unpaired) electrons. The fourth-order valence-electron chi connectivity index (χ4n) is 3.83. The Kier molecular flexibility index (Phi) is 5.80. The fraction of sp³-hybridized carbons (Fsp3) is 0.0769. The molecule has 1 amide bonds. The van der Waals surface area contributed by atoms with E-state index in [-0.39, 0.29) is 30.4 Å². The second-order valence-electron chi connectivity index (χ2n) is 7.85. The van der Waals surface area contributed by atoms with Crippen LogP contribution in [0.25, 0.3) is 33.6 Å². The Morgan fingerprint density at radius 3 is 2.49 bits per heavy atom. The predicted molar refractivity (Wildman–Crippen MR) is 126 cm³/mol. The summed E-state index contributed by atoms with van der Waals surface area (Å²) in [4.78, 5) is 32.3. The molecule has 5 rings (SSSR count). The third-order valence-electron chi connectivity index (χ3n) is 5.57. The lowest BCUT2D eigenvalue weighted by Gasteiger charge is -2.10. The second kappa shape index (κ2) is 9.22. The molecule has 5 aromatic rings. The molecule has 0 bridgehead atoms. The Labute approximate surface area is 198 Å². The van der Waals surface area contributed by atoms with Crippen LogP contribution in [0.2, 0.25) is 0 Å². The lowest BCUT2D eigenvalue weighted by atomic mass is 10.1. The molecule has 8 nitrogen and oxygen atoms in total. The van der Waals surface area contributed by atoms with Crippen molar-refractivity contribution >= 4 is 22.8 Å². The molecule has 3 heterocycles. The summed E-state index contributed by atoms with van der Waals surface area (Å²) in [5.41, 5.74) is 3.81. The van der Waals surface area contributed by atoms with E-state index in [1.807, 2.05) is 6.07 Å². The second-order valence-corrected chi connectivity index (χ2v) is 7.85. The number of aromatic carboxylic acids is 1. The molecule has 0 fully saturated rings. The molecule has 0 saturated carbocycles. The molecule has 3 aromatic heterocycles. The van der Waals surface area contributed by atoms with Gasteiger partial charge in [-0.25, -0.2) is 14.2 Å². The number of aromatic nitrogens is 3. The zero-order chi connectivity index (χ0) is 24.4. The van der Waals surface area contributed by atoms with Crippen LogP contribution < -0.4 is 5.32 Å². The number of hydrogen-bond acceptors (Lipinski definition) is 5. The van der Waals surface area contributed by atoms with Gasteiger partial charge in [0.05, 0.1) is 24.0 Å². The average molecular weight is 470 g/mol. The summed E-state index contributed by atoms with van der Waals surface area (Å²) in [5, 5.41) is 12.5. The Bertz CT molecular complexity index is 1510. The first-order valence-electron chi connectivity index (χ1n) is 10.7. The van der Waals surface area contributed by atoms with Gasteiger partial charge in [-0.2, -0.15) is 0 Å². The van der Waals surface area contributed by atoms with Gasteiger partial charge in [0.1, 0.15) is 24.3 Å². The number of rotatable bonds is 7. The first kappa shape index (κ1) is 22.0. The number of halogens is 1. The molecule has 2 aromatic carbocycles. The van der Waals surface area contributed by atoms with E-state index in [1.165, 1.54) is 36.7 Å². The molecule has 0 atom stereocenters. The van der Waals surface area contributed by atoms with E-state index in [2.05, 4.69) is 15.3 Å². The first-order chi connectivity index (χ1) is 17.0. The molecule has 0 spiro atoms. The van der Waals surface area contributed by atoms with Gasteiger partial charge in [0, 0.05) is 22.7 Å². The van der Waals surface area contributed by atoms with Crippen molar-refractivity contribution in [3.05, 3.63) is 96.4 Å². The maximum absolute atomic E-state index is 13.7. The number of benzene rings is 2. The number of carboxylic acids is 1. The lowest BCUT2D eigenvalue weighted by molar-refractivity contribution is -0.121. The Morgan fingerprint density at radius 1 is 1.00 bits per heavy atom. The number of nitrogens with zero attached hydrogens (tertiary/aromatic N) is 3. The molecule has 35 heavy (non-hydrogen) atoms. The van der Waals surface area contributed by atoms with Crippen LogP contribution in [0.3, 0.4) is 0 Å². The van der Waals surface area contributed by atoms with Crippen molar-refractivity contribution in [1.82, 2.24) is 19.9 Å². The number of fused-ring (bicyclic) bond motifs is 1. The number of hydrogen-bond donors (Lipinski definition) is 2. The number of nitrogens with one attached hydrogen (secondary N) is 1. The Hall–Kier alpha value is -4.79. The predicted octanol–water partition coefficient (Wildman–Crippen LogP) is 4.51. The minimum absolute atomic E-state index is 0.0130. The summed E-state index contributed by atoms with van der Waals surface area (Å²) in [7, 11) is 0. The summed E-state index contributed by atoms with van der Waals surface area (Å²) in [6, 6.07) is 16.3. The molecular formula is C26H19FN4O4.